The van der Waals surface area contributed by atoms with Gasteiger partial charge in [-0.05, 0) is 6.92 Å². The maximum absolute atomic E-state index is 11.9. The summed E-state index contributed by atoms with van der Waals surface area (Å²) >= 11 is 0. The van der Waals surface area contributed by atoms with Crippen molar-refractivity contribution < 1.29 is 20.1 Å². The Morgan fingerprint density at radius 1 is 1.50 bits per heavy atom. The first-order chi connectivity index (χ1) is 9.37. The van der Waals surface area contributed by atoms with Gasteiger partial charge in [0.15, 0.2) is 5.72 Å². The molecule has 0 saturated carbocycles. The van der Waals surface area contributed by atoms with E-state index in [1.807, 2.05) is 0 Å². The third-order valence-corrected chi connectivity index (χ3v) is 3.52. The number of aliphatic hydroxyl groups excluding tert-OH is 3. The lowest BCUT2D eigenvalue weighted by atomic mass is 10.0. The number of aromatic amines is 1. The molecule has 112 valence electrons. The number of nitrogens with one attached hydrogen (secondary N) is 1. The molecule has 6 N–H and O–H groups in total. The van der Waals surface area contributed by atoms with Crippen molar-refractivity contribution in [3.05, 3.63) is 32.6 Å². The van der Waals surface area contributed by atoms with E-state index in [1.165, 1.54) is 13.1 Å². The van der Waals surface area contributed by atoms with Crippen molar-refractivity contribution >= 4 is 0 Å². The van der Waals surface area contributed by atoms with Gasteiger partial charge in [-0.25, -0.2) is 4.79 Å². The summed E-state index contributed by atoms with van der Waals surface area (Å²) in [5, 5.41) is 29.1. The van der Waals surface area contributed by atoms with Gasteiger partial charge in [0.2, 0.25) is 0 Å². The highest BCUT2D eigenvalue weighted by Gasteiger charge is 2.55. The van der Waals surface area contributed by atoms with Gasteiger partial charge in [0.25, 0.3) is 5.56 Å². The summed E-state index contributed by atoms with van der Waals surface area (Å²) in [7, 11) is 0. The molecular formula is C11H17N3O6. The Hall–Kier alpha value is -1.52. The van der Waals surface area contributed by atoms with Crippen molar-refractivity contribution in [1.82, 2.24) is 9.55 Å². The Morgan fingerprint density at radius 3 is 2.65 bits per heavy atom. The number of H-pyrrole nitrogens is 1. The predicted octanol–water partition coefficient (Wildman–Crippen LogP) is -3.43. The first kappa shape index (κ1) is 14.9. The topological polar surface area (TPSA) is 151 Å². The van der Waals surface area contributed by atoms with Crippen LogP contribution >= 0.6 is 0 Å². The summed E-state index contributed by atoms with van der Waals surface area (Å²) in [6, 6.07) is 0. The van der Waals surface area contributed by atoms with E-state index in [4.69, 9.17) is 15.6 Å². The summed E-state index contributed by atoms with van der Waals surface area (Å²) in [4.78, 5) is 25.4. The van der Waals surface area contributed by atoms with Gasteiger partial charge in [0.1, 0.15) is 18.3 Å². The monoisotopic (exact) mass is 287 g/mol. The van der Waals surface area contributed by atoms with Crippen LogP contribution in [0.1, 0.15) is 5.56 Å². The van der Waals surface area contributed by atoms with Gasteiger partial charge in [0.05, 0.1) is 6.61 Å². The molecule has 2 rings (SSSR count). The molecule has 1 aliphatic heterocycles. The van der Waals surface area contributed by atoms with E-state index in [9.17, 15) is 19.8 Å². The zero-order chi connectivity index (χ0) is 15.1. The summed E-state index contributed by atoms with van der Waals surface area (Å²) in [5.74, 6) is 0. The Bertz CT molecular complexity index is 611. The van der Waals surface area contributed by atoms with E-state index in [2.05, 4.69) is 4.98 Å². The zero-order valence-corrected chi connectivity index (χ0v) is 10.8. The molecule has 2 heterocycles. The second-order valence-corrected chi connectivity index (χ2v) is 4.76. The Kier molecular flexibility index (Phi) is 3.80. The molecule has 4 atom stereocenters. The van der Waals surface area contributed by atoms with Crippen LogP contribution in [0.4, 0.5) is 0 Å². The van der Waals surface area contributed by atoms with Crippen molar-refractivity contribution in [1.29, 1.82) is 0 Å². The first-order valence-corrected chi connectivity index (χ1v) is 6.05. The molecule has 1 aromatic heterocycles. The molecule has 0 unspecified atom stereocenters. The van der Waals surface area contributed by atoms with Crippen molar-refractivity contribution in [2.24, 2.45) is 5.73 Å². The fourth-order valence-corrected chi connectivity index (χ4v) is 2.33. The molecule has 1 aromatic rings. The van der Waals surface area contributed by atoms with Crippen LogP contribution in [-0.4, -0.2) is 56.3 Å². The first-order valence-electron chi connectivity index (χ1n) is 6.05. The van der Waals surface area contributed by atoms with E-state index in [1.54, 1.807) is 0 Å². The number of ether oxygens (including phenoxy) is 1. The molecule has 9 heteroatoms. The molecule has 0 bridgehead atoms. The minimum atomic E-state index is -1.74. The van der Waals surface area contributed by atoms with Crippen LogP contribution in [0, 0.1) is 6.92 Å². The van der Waals surface area contributed by atoms with Crippen LogP contribution in [0.25, 0.3) is 0 Å². The number of nitrogens with two attached hydrogens (primary N) is 1. The summed E-state index contributed by atoms with van der Waals surface area (Å²) in [6.07, 6.45) is -2.80. The molecule has 0 radical (unpaired) electrons. The van der Waals surface area contributed by atoms with Gasteiger partial charge in [-0.1, -0.05) is 0 Å². The van der Waals surface area contributed by atoms with E-state index in [0.29, 0.717) is 0 Å². The molecule has 0 spiro atoms. The van der Waals surface area contributed by atoms with Crippen LogP contribution in [0.2, 0.25) is 0 Å². The molecular weight excluding hydrogens is 270 g/mol. The van der Waals surface area contributed by atoms with Crippen LogP contribution in [0.3, 0.4) is 0 Å². The minimum absolute atomic E-state index is 0.218. The van der Waals surface area contributed by atoms with Gasteiger partial charge < -0.3 is 25.8 Å². The number of aliphatic hydroxyl groups is 3. The third kappa shape index (κ3) is 2.00. The lowest BCUT2D eigenvalue weighted by molar-refractivity contribution is -0.143. The van der Waals surface area contributed by atoms with Crippen molar-refractivity contribution in [3.8, 4) is 0 Å². The molecule has 1 fully saturated rings. The lowest BCUT2D eigenvalue weighted by Crippen LogP contribution is -2.56. The van der Waals surface area contributed by atoms with E-state index >= 15 is 0 Å². The second kappa shape index (κ2) is 5.11. The standard InChI is InChI=1S/C11H17N3O6/c1-5-2-14(10(19)13-9(5)18)11(4-12)8(17)7(16)6(3-15)20-11/h2,6-8,15-17H,3-4,12H2,1H3,(H,13,18,19)/t6-,7-,8-,11-/m1/s1. The third-order valence-electron chi connectivity index (χ3n) is 3.52. The lowest BCUT2D eigenvalue weighted by Gasteiger charge is -2.32. The van der Waals surface area contributed by atoms with Crippen molar-refractivity contribution in [2.45, 2.75) is 31.0 Å². The largest absolute Gasteiger partial charge is 0.394 e. The van der Waals surface area contributed by atoms with Crippen molar-refractivity contribution in [3.63, 3.8) is 0 Å². The number of aryl methyl sites for hydroxylation is 1. The van der Waals surface area contributed by atoms with Crippen LogP contribution in [-0.2, 0) is 10.5 Å². The van der Waals surface area contributed by atoms with Gasteiger partial charge in [-0.2, -0.15) is 0 Å². The zero-order valence-electron chi connectivity index (χ0n) is 10.8. The molecule has 9 nitrogen and oxygen atoms in total. The normalized spacial score (nSPS) is 33.5. The van der Waals surface area contributed by atoms with Gasteiger partial charge in [-0.3, -0.25) is 14.3 Å². The van der Waals surface area contributed by atoms with Gasteiger partial charge in [0, 0.05) is 18.3 Å². The number of hydrogen-bond donors (Lipinski definition) is 5. The highest BCUT2D eigenvalue weighted by Crippen LogP contribution is 2.33. The highest BCUT2D eigenvalue weighted by atomic mass is 16.6. The fraction of sp³-hybridized carbons (Fsp3) is 0.636. The maximum atomic E-state index is 11.9. The van der Waals surface area contributed by atoms with E-state index in [-0.39, 0.29) is 12.1 Å². The van der Waals surface area contributed by atoms with Crippen LogP contribution in [0.15, 0.2) is 15.8 Å². The highest BCUT2D eigenvalue weighted by molar-refractivity contribution is 5.07. The quantitative estimate of drug-likeness (QED) is 0.388. The Morgan fingerprint density at radius 2 is 2.15 bits per heavy atom. The predicted molar refractivity (Wildman–Crippen MR) is 67.1 cm³/mol. The fourth-order valence-electron chi connectivity index (χ4n) is 2.33. The summed E-state index contributed by atoms with van der Waals surface area (Å²) < 4.78 is 6.34. The Balaban J connectivity index is 2.61. The number of aromatic nitrogens is 2. The van der Waals surface area contributed by atoms with Gasteiger partial charge in [-0.15, -0.1) is 0 Å². The SMILES string of the molecule is Cc1cn([C@]2(CN)O[C@H](CO)[C@@H](O)[C@H]2O)c(=O)[nH]c1=O. The number of rotatable bonds is 3. The van der Waals surface area contributed by atoms with E-state index < -0.39 is 41.9 Å². The van der Waals surface area contributed by atoms with Gasteiger partial charge >= 0.3 is 5.69 Å². The smallest absolute Gasteiger partial charge is 0.330 e. The van der Waals surface area contributed by atoms with E-state index in [0.717, 1.165) is 4.57 Å². The molecule has 0 aliphatic carbocycles. The minimum Gasteiger partial charge on any atom is -0.394 e. The average Bonchev–Trinajstić information content (AvgIpc) is 2.68. The molecule has 0 amide bonds. The molecule has 1 aliphatic rings. The van der Waals surface area contributed by atoms with Crippen LogP contribution < -0.4 is 17.0 Å². The molecule has 0 aromatic carbocycles. The average molecular weight is 287 g/mol. The molecule has 20 heavy (non-hydrogen) atoms. The molecule has 1 saturated heterocycles. The summed E-state index contributed by atoms with van der Waals surface area (Å²) in [5.41, 5.74) is 2.69. The second-order valence-electron chi connectivity index (χ2n) is 4.76. The van der Waals surface area contributed by atoms with Crippen molar-refractivity contribution in [2.75, 3.05) is 13.2 Å². The maximum Gasteiger partial charge on any atom is 0.330 e. The number of nitrogens with zero attached hydrogens (tertiary/aromatic N) is 1. The summed E-state index contributed by atoms with van der Waals surface area (Å²) in [6.45, 7) is 0.602. The Labute approximate surface area is 113 Å². The number of hydrogen-bond acceptors (Lipinski definition) is 7. The van der Waals surface area contributed by atoms with Crippen LogP contribution in [0.5, 0.6) is 0 Å².